The van der Waals surface area contributed by atoms with Gasteiger partial charge >= 0.3 is 0 Å². The van der Waals surface area contributed by atoms with Gasteiger partial charge < -0.3 is 0 Å². The highest BCUT2D eigenvalue weighted by atomic mass is 35.5. The minimum absolute atomic E-state index is 0.108. The van der Waals surface area contributed by atoms with Gasteiger partial charge in [-0.05, 0) is 61.0 Å². The topological polar surface area (TPSA) is 81.9 Å². The molecular formula is C22H18ClN3O3S2. The van der Waals surface area contributed by atoms with E-state index in [1.165, 1.54) is 28.5 Å². The number of halogens is 1. The van der Waals surface area contributed by atoms with Crippen LogP contribution in [0.5, 0.6) is 0 Å². The van der Waals surface area contributed by atoms with E-state index in [1.54, 1.807) is 42.6 Å². The molecule has 4 aromatic rings. The number of sulfone groups is 1. The minimum atomic E-state index is -3.49. The molecule has 0 aliphatic heterocycles. The molecule has 2 heterocycles. The number of hydrogen-bond donors (Lipinski definition) is 0. The summed E-state index contributed by atoms with van der Waals surface area (Å²) in [4.78, 5) is 22.4. The van der Waals surface area contributed by atoms with Gasteiger partial charge in [0.1, 0.15) is 5.82 Å². The zero-order valence-electron chi connectivity index (χ0n) is 16.5. The van der Waals surface area contributed by atoms with Gasteiger partial charge in [-0.2, -0.15) is 0 Å². The Balaban J connectivity index is 1.69. The van der Waals surface area contributed by atoms with Crippen LogP contribution in [0.2, 0.25) is 5.02 Å². The Morgan fingerprint density at radius 3 is 2.55 bits per heavy atom. The zero-order valence-corrected chi connectivity index (χ0v) is 18.9. The van der Waals surface area contributed by atoms with Crippen LogP contribution in [0, 0.1) is 6.92 Å². The lowest BCUT2D eigenvalue weighted by molar-refractivity contribution is 0.597. The van der Waals surface area contributed by atoms with Crippen LogP contribution in [0.3, 0.4) is 0 Å². The van der Waals surface area contributed by atoms with Crippen LogP contribution in [0.1, 0.15) is 5.56 Å². The van der Waals surface area contributed by atoms with E-state index in [2.05, 4.69) is 9.97 Å². The van der Waals surface area contributed by atoms with Gasteiger partial charge in [-0.25, -0.2) is 23.0 Å². The van der Waals surface area contributed by atoms with Crippen molar-refractivity contribution >= 4 is 44.1 Å². The molecule has 0 unspecified atom stereocenters. The number of para-hydroxylation sites is 1. The van der Waals surface area contributed by atoms with E-state index in [0.29, 0.717) is 26.9 Å². The van der Waals surface area contributed by atoms with E-state index in [1.807, 2.05) is 19.1 Å². The molecule has 4 rings (SSSR count). The third kappa shape index (κ3) is 4.66. The number of aryl methyl sites for hydroxylation is 1. The Kier molecular flexibility index (Phi) is 6.13. The second-order valence-corrected chi connectivity index (χ2v) is 10.5. The molecule has 0 saturated carbocycles. The standard InChI is InChI=1S/C22H18ClN3O3S2/c1-15-10-11-24-20(14-15)26-21(27)18-4-2-3-5-19(18)25-22(26)30-12-13-31(28,29)17-8-6-16(23)7-9-17/h2-11,14H,12-13H2,1H3. The van der Waals surface area contributed by atoms with Gasteiger partial charge in [-0.15, -0.1) is 0 Å². The number of rotatable bonds is 6. The number of aromatic nitrogens is 3. The monoisotopic (exact) mass is 471 g/mol. The first-order valence-electron chi connectivity index (χ1n) is 9.41. The molecule has 31 heavy (non-hydrogen) atoms. The van der Waals surface area contributed by atoms with Crippen LogP contribution in [0.15, 0.2) is 81.7 Å². The average molecular weight is 472 g/mol. The largest absolute Gasteiger partial charge is 0.268 e. The van der Waals surface area contributed by atoms with Crippen molar-refractivity contribution in [2.24, 2.45) is 0 Å². The summed E-state index contributed by atoms with van der Waals surface area (Å²) in [5.74, 6) is 0.566. The Hall–Kier alpha value is -2.68. The fourth-order valence-electron chi connectivity index (χ4n) is 3.06. The van der Waals surface area contributed by atoms with Crippen molar-refractivity contribution in [1.29, 1.82) is 0 Å². The van der Waals surface area contributed by atoms with E-state index in [0.717, 1.165) is 5.56 Å². The molecule has 0 spiro atoms. The lowest BCUT2D eigenvalue weighted by Crippen LogP contribution is -2.23. The number of thioether (sulfide) groups is 1. The highest BCUT2D eigenvalue weighted by Gasteiger charge is 2.18. The summed E-state index contributed by atoms with van der Waals surface area (Å²) in [6.07, 6.45) is 1.63. The maximum atomic E-state index is 13.2. The maximum absolute atomic E-state index is 13.2. The Morgan fingerprint density at radius 1 is 1.06 bits per heavy atom. The molecule has 0 bridgehead atoms. The molecule has 6 nitrogen and oxygen atoms in total. The van der Waals surface area contributed by atoms with Crippen LogP contribution in [0.25, 0.3) is 16.7 Å². The molecule has 0 radical (unpaired) electrons. The van der Waals surface area contributed by atoms with Gasteiger partial charge in [0.15, 0.2) is 15.0 Å². The van der Waals surface area contributed by atoms with Crippen molar-refractivity contribution in [1.82, 2.24) is 14.5 Å². The van der Waals surface area contributed by atoms with E-state index in [4.69, 9.17) is 11.6 Å². The summed E-state index contributed by atoms with van der Waals surface area (Å²) in [6.45, 7) is 1.91. The summed E-state index contributed by atoms with van der Waals surface area (Å²) in [6, 6.07) is 16.8. The van der Waals surface area contributed by atoms with Crippen molar-refractivity contribution in [2.75, 3.05) is 11.5 Å². The third-order valence-corrected chi connectivity index (χ3v) is 7.81. The van der Waals surface area contributed by atoms with Gasteiger partial charge in [0.25, 0.3) is 5.56 Å². The van der Waals surface area contributed by atoms with Crippen molar-refractivity contribution in [3.05, 3.63) is 87.8 Å². The lowest BCUT2D eigenvalue weighted by Gasteiger charge is -2.13. The molecule has 0 N–H and O–H groups in total. The summed E-state index contributed by atoms with van der Waals surface area (Å²) in [7, 11) is -3.49. The quantitative estimate of drug-likeness (QED) is 0.308. The summed E-state index contributed by atoms with van der Waals surface area (Å²) >= 11 is 7.06. The fraction of sp³-hybridized carbons (Fsp3) is 0.136. The van der Waals surface area contributed by atoms with E-state index < -0.39 is 9.84 Å². The number of benzene rings is 2. The second kappa shape index (κ2) is 8.82. The third-order valence-electron chi connectivity index (χ3n) is 4.63. The van der Waals surface area contributed by atoms with Crippen molar-refractivity contribution in [2.45, 2.75) is 17.0 Å². The van der Waals surface area contributed by atoms with Crippen LogP contribution < -0.4 is 5.56 Å². The zero-order chi connectivity index (χ0) is 22.0. The molecule has 9 heteroatoms. The normalized spacial score (nSPS) is 11.7. The van der Waals surface area contributed by atoms with Crippen LogP contribution >= 0.6 is 23.4 Å². The minimum Gasteiger partial charge on any atom is -0.268 e. The smallest absolute Gasteiger partial charge is 0.267 e. The fourth-order valence-corrected chi connectivity index (χ4v) is 5.83. The van der Waals surface area contributed by atoms with Gasteiger partial charge in [-0.1, -0.05) is 35.5 Å². The Bertz CT molecular complexity index is 1420. The summed E-state index contributed by atoms with van der Waals surface area (Å²) < 4.78 is 26.7. The van der Waals surface area contributed by atoms with Gasteiger partial charge in [-0.3, -0.25) is 4.79 Å². The summed E-state index contributed by atoms with van der Waals surface area (Å²) in [5, 5.41) is 1.35. The molecule has 0 fully saturated rings. The highest BCUT2D eigenvalue weighted by molar-refractivity contribution is 8.00. The predicted molar refractivity (Wildman–Crippen MR) is 124 cm³/mol. The molecule has 0 saturated heterocycles. The first-order chi connectivity index (χ1) is 14.8. The van der Waals surface area contributed by atoms with Crippen LogP contribution in [0.4, 0.5) is 0 Å². The lowest BCUT2D eigenvalue weighted by atomic mass is 10.2. The first-order valence-corrected chi connectivity index (χ1v) is 12.4. The van der Waals surface area contributed by atoms with E-state index >= 15 is 0 Å². The highest BCUT2D eigenvalue weighted by Crippen LogP contribution is 2.23. The Morgan fingerprint density at radius 2 is 1.81 bits per heavy atom. The number of fused-ring (bicyclic) bond motifs is 1. The van der Waals surface area contributed by atoms with Gasteiger partial charge in [0, 0.05) is 17.0 Å². The molecule has 158 valence electrons. The van der Waals surface area contributed by atoms with Gasteiger partial charge in [0.2, 0.25) is 0 Å². The first kappa shape index (κ1) is 21.5. The average Bonchev–Trinajstić information content (AvgIpc) is 2.74. The molecule has 0 aliphatic rings. The second-order valence-electron chi connectivity index (χ2n) is 6.86. The molecule has 2 aromatic heterocycles. The molecule has 0 amide bonds. The SMILES string of the molecule is Cc1ccnc(-n2c(SCCS(=O)(=O)c3ccc(Cl)cc3)nc3ccccc3c2=O)c1. The van der Waals surface area contributed by atoms with E-state index in [9.17, 15) is 13.2 Å². The molecule has 0 atom stereocenters. The van der Waals surface area contributed by atoms with Crippen LogP contribution in [-0.2, 0) is 9.84 Å². The van der Waals surface area contributed by atoms with Crippen LogP contribution in [-0.4, -0.2) is 34.5 Å². The molecule has 0 aliphatic carbocycles. The Labute approximate surface area is 188 Å². The number of hydrogen-bond acceptors (Lipinski definition) is 6. The predicted octanol–water partition coefficient (Wildman–Crippen LogP) is 4.31. The van der Waals surface area contributed by atoms with Crippen molar-refractivity contribution < 1.29 is 8.42 Å². The molecular weight excluding hydrogens is 454 g/mol. The van der Waals surface area contributed by atoms with Crippen molar-refractivity contribution in [3.63, 3.8) is 0 Å². The maximum Gasteiger partial charge on any atom is 0.267 e. The van der Waals surface area contributed by atoms with Crippen molar-refractivity contribution in [3.8, 4) is 5.82 Å². The number of pyridine rings is 1. The summed E-state index contributed by atoms with van der Waals surface area (Å²) in [5.41, 5.74) is 1.26. The van der Waals surface area contributed by atoms with Gasteiger partial charge in [0.05, 0.1) is 21.6 Å². The van der Waals surface area contributed by atoms with E-state index in [-0.39, 0.29) is 22.0 Å². The number of nitrogens with zero attached hydrogens (tertiary/aromatic N) is 3. The molecule has 2 aromatic carbocycles.